The minimum absolute atomic E-state index is 0.103. The van der Waals surface area contributed by atoms with Gasteiger partial charge in [-0.1, -0.05) is 5.21 Å². The lowest BCUT2D eigenvalue weighted by molar-refractivity contribution is -0.120. The van der Waals surface area contributed by atoms with Gasteiger partial charge in [0.1, 0.15) is 0 Å². The first-order valence-electron chi connectivity index (χ1n) is 5.01. The van der Waals surface area contributed by atoms with Crippen molar-refractivity contribution in [1.29, 1.82) is 5.26 Å². The zero-order valence-corrected chi connectivity index (χ0v) is 8.89. The Kier molecular flexibility index (Phi) is 5.58. The first-order valence-corrected chi connectivity index (χ1v) is 5.01. The summed E-state index contributed by atoms with van der Waals surface area (Å²) in [5.74, 6) is -0.103. The van der Waals surface area contributed by atoms with Crippen LogP contribution in [0.5, 0.6) is 0 Å². The van der Waals surface area contributed by atoms with Crippen LogP contribution >= 0.6 is 0 Å². The second kappa shape index (κ2) is 7.36. The van der Waals surface area contributed by atoms with E-state index in [1.807, 2.05) is 6.07 Å². The number of nitrogens with one attached hydrogen (secondary N) is 2. The minimum atomic E-state index is -0.103. The molecule has 0 atom stereocenters. The summed E-state index contributed by atoms with van der Waals surface area (Å²) in [5, 5.41) is 21.3. The summed E-state index contributed by atoms with van der Waals surface area (Å²) in [7, 11) is 0. The fraction of sp³-hybridized carbons (Fsp3) is 0.556. The molecule has 0 aliphatic carbocycles. The van der Waals surface area contributed by atoms with Crippen LogP contribution in [-0.4, -0.2) is 40.5 Å². The summed E-state index contributed by atoms with van der Waals surface area (Å²) < 4.78 is 1.68. The Morgan fingerprint density at radius 1 is 1.50 bits per heavy atom. The third-order valence-electron chi connectivity index (χ3n) is 1.83. The van der Waals surface area contributed by atoms with E-state index in [1.54, 1.807) is 17.1 Å². The molecule has 0 spiro atoms. The van der Waals surface area contributed by atoms with Crippen molar-refractivity contribution in [3.63, 3.8) is 0 Å². The molecule has 0 aromatic carbocycles. The maximum atomic E-state index is 11.2. The Morgan fingerprint density at radius 3 is 3.06 bits per heavy atom. The van der Waals surface area contributed by atoms with Crippen molar-refractivity contribution in [1.82, 2.24) is 25.6 Å². The Balaban J connectivity index is 1.98. The number of hydrogen-bond donors (Lipinski definition) is 2. The molecule has 0 aliphatic rings. The molecule has 0 unspecified atom stereocenters. The Bertz CT molecular complexity index is 341. The maximum Gasteiger partial charge on any atom is 0.233 e. The molecule has 0 aliphatic heterocycles. The molecule has 1 heterocycles. The van der Waals surface area contributed by atoms with E-state index in [0.717, 1.165) is 0 Å². The van der Waals surface area contributed by atoms with Gasteiger partial charge in [-0.25, -0.2) is 0 Å². The standard InChI is InChI=1S/C9H14N6O/c10-2-1-3-12-9(16)8-11-4-6-15-7-5-13-14-15/h5,7,11H,1,3-4,6,8H2,(H,12,16). The molecule has 7 nitrogen and oxygen atoms in total. The van der Waals surface area contributed by atoms with Crippen LogP contribution < -0.4 is 10.6 Å². The summed E-state index contributed by atoms with van der Waals surface area (Å²) in [6.45, 7) is 1.97. The van der Waals surface area contributed by atoms with E-state index in [0.29, 0.717) is 26.1 Å². The molecule has 0 bridgehead atoms. The molecule has 1 amide bonds. The normalized spacial score (nSPS) is 9.69. The van der Waals surface area contributed by atoms with Gasteiger partial charge in [0.15, 0.2) is 0 Å². The molecule has 1 rings (SSSR count). The first kappa shape index (κ1) is 12.1. The van der Waals surface area contributed by atoms with Crippen LogP contribution in [0, 0.1) is 11.3 Å². The van der Waals surface area contributed by atoms with E-state index in [-0.39, 0.29) is 12.5 Å². The zero-order valence-electron chi connectivity index (χ0n) is 8.89. The lowest BCUT2D eigenvalue weighted by Crippen LogP contribution is -2.35. The van der Waals surface area contributed by atoms with Crippen LogP contribution in [0.2, 0.25) is 0 Å². The smallest absolute Gasteiger partial charge is 0.233 e. The molecule has 0 saturated carbocycles. The van der Waals surface area contributed by atoms with Crippen molar-refractivity contribution >= 4 is 5.91 Å². The monoisotopic (exact) mass is 222 g/mol. The lowest BCUT2D eigenvalue weighted by Gasteiger charge is -2.04. The first-order chi connectivity index (χ1) is 7.83. The molecule has 7 heteroatoms. The number of carbonyl (C=O) groups is 1. The largest absolute Gasteiger partial charge is 0.354 e. The number of amides is 1. The zero-order chi connectivity index (χ0) is 11.6. The predicted octanol–water partition coefficient (Wildman–Crippen LogP) is -1.10. The molecule has 1 aromatic heterocycles. The molecule has 86 valence electrons. The summed E-state index contributed by atoms with van der Waals surface area (Å²) in [4.78, 5) is 11.2. The second-order valence-corrected chi connectivity index (χ2v) is 3.10. The average molecular weight is 222 g/mol. The summed E-state index contributed by atoms with van der Waals surface area (Å²) >= 11 is 0. The highest BCUT2D eigenvalue weighted by Gasteiger charge is 1.99. The van der Waals surface area contributed by atoms with Crippen LogP contribution in [0.25, 0.3) is 0 Å². The van der Waals surface area contributed by atoms with E-state index in [1.165, 1.54) is 0 Å². The van der Waals surface area contributed by atoms with E-state index in [4.69, 9.17) is 5.26 Å². The van der Waals surface area contributed by atoms with Crippen LogP contribution in [0.1, 0.15) is 6.42 Å². The van der Waals surface area contributed by atoms with Gasteiger partial charge in [-0.15, -0.1) is 5.10 Å². The fourth-order valence-corrected chi connectivity index (χ4v) is 1.07. The Labute approximate surface area is 93.4 Å². The molecule has 16 heavy (non-hydrogen) atoms. The van der Waals surface area contributed by atoms with Gasteiger partial charge < -0.3 is 10.6 Å². The van der Waals surface area contributed by atoms with Gasteiger partial charge in [-0.3, -0.25) is 9.48 Å². The van der Waals surface area contributed by atoms with E-state index >= 15 is 0 Å². The summed E-state index contributed by atoms with van der Waals surface area (Å²) in [5.41, 5.74) is 0. The van der Waals surface area contributed by atoms with Gasteiger partial charge in [0, 0.05) is 19.3 Å². The molecule has 0 radical (unpaired) electrons. The fourth-order valence-electron chi connectivity index (χ4n) is 1.07. The van der Waals surface area contributed by atoms with Crippen LogP contribution in [0.4, 0.5) is 0 Å². The molecular weight excluding hydrogens is 208 g/mol. The van der Waals surface area contributed by atoms with Crippen molar-refractivity contribution < 1.29 is 4.79 Å². The molecule has 0 saturated heterocycles. The highest BCUT2D eigenvalue weighted by Crippen LogP contribution is 1.78. The third-order valence-corrected chi connectivity index (χ3v) is 1.83. The number of nitriles is 1. The third kappa shape index (κ3) is 5.07. The van der Waals surface area contributed by atoms with E-state index < -0.39 is 0 Å². The quantitative estimate of drug-likeness (QED) is 0.571. The van der Waals surface area contributed by atoms with Gasteiger partial charge in [0.05, 0.1) is 31.8 Å². The van der Waals surface area contributed by atoms with Crippen molar-refractivity contribution in [2.75, 3.05) is 19.6 Å². The Hall–Kier alpha value is -1.94. The van der Waals surface area contributed by atoms with Gasteiger partial charge in [0.25, 0.3) is 0 Å². The SMILES string of the molecule is N#CCCNC(=O)CNCCn1ccnn1. The van der Waals surface area contributed by atoms with Crippen molar-refractivity contribution in [3.05, 3.63) is 12.4 Å². The molecule has 1 aromatic rings. The van der Waals surface area contributed by atoms with Crippen molar-refractivity contribution in [2.45, 2.75) is 13.0 Å². The number of nitrogens with zero attached hydrogens (tertiary/aromatic N) is 4. The summed E-state index contributed by atoms with van der Waals surface area (Å²) in [6, 6.07) is 1.96. The van der Waals surface area contributed by atoms with Gasteiger partial charge in [0.2, 0.25) is 5.91 Å². The van der Waals surface area contributed by atoms with Gasteiger partial charge in [-0.2, -0.15) is 5.26 Å². The van der Waals surface area contributed by atoms with Crippen LogP contribution in [-0.2, 0) is 11.3 Å². The van der Waals surface area contributed by atoms with Crippen molar-refractivity contribution in [3.8, 4) is 6.07 Å². The van der Waals surface area contributed by atoms with Crippen molar-refractivity contribution in [2.24, 2.45) is 0 Å². The number of hydrogen-bond acceptors (Lipinski definition) is 5. The molecule has 2 N–H and O–H groups in total. The van der Waals surface area contributed by atoms with E-state index in [9.17, 15) is 4.79 Å². The predicted molar refractivity (Wildman–Crippen MR) is 56.1 cm³/mol. The average Bonchev–Trinajstić information content (AvgIpc) is 2.78. The minimum Gasteiger partial charge on any atom is -0.354 e. The number of aromatic nitrogens is 3. The van der Waals surface area contributed by atoms with Crippen LogP contribution in [0.15, 0.2) is 12.4 Å². The second-order valence-electron chi connectivity index (χ2n) is 3.10. The van der Waals surface area contributed by atoms with Crippen LogP contribution in [0.3, 0.4) is 0 Å². The lowest BCUT2D eigenvalue weighted by atomic mass is 10.4. The molecular formula is C9H14N6O. The Morgan fingerprint density at radius 2 is 2.38 bits per heavy atom. The maximum absolute atomic E-state index is 11.2. The highest BCUT2D eigenvalue weighted by atomic mass is 16.1. The number of carbonyl (C=O) groups excluding carboxylic acids is 1. The molecule has 0 fully saturated rings. The highest BCUT2D eigenvalue weighted by molar-refractivity contribution is 5.77. The topological polar surface area (TPSA) is 95.6 Å². The van der Waals surface area contributed by atoms with Gasteiger partial charge >= 0.3 is 0 Å². The number of rotatable bonds is 7. The summed E-state index contributed by atoms with van der Waals surface area (Å²) in [6.07, 6.45) is 3.70. The van der Waals surface area contributed by atoms with Gasteiger partial charge in [-0.05, 0) is 0 Å². The van der Waals surface area contributed by atoms with E-state index in [2.05, 4.69) is 20.9 Å².